The number of nitrogens with two attached hydrogens (primary N) is 3. The summed E-state index contributed by atoms with van der Waals surface area (Å²) in [7, 11) is 0. The molecule has 0 saturated heterocycles. The van der Waals surface area contributed by atoms with E-state index in [1.165, 1.54) is 13.8 Å². The molecule has 0 aliphatic heterocycles. The van der Waals surface area contributed by atoms with Crippen molar-refractivity contribution in [1.29, 1.82) is 0 Å². The van der Waals surface area contributed by atoms with Crippen LogP contribution in [-0.2, 0) is 52.8 Å². The second-order valence-corrected chi connectivity index (χ2v) is 15.6. The number of H-pyrrole nitrogens is 1. The van der Waals surface area contributed by atoms with Crippen LogP contribution in [0.1, 0.15) is 56.7 Å². The van der Waals surface area contributed by atoms with Gasteiger partial charge in [-0.05, 0) is 73.2 Å². The Kier molecular flexibility index (Phi) is 19.0. The smallest absolute Gasteiger partial charge is 0.300 e. The summed E-state index contributed by atoms with van der Waals surface area (Å²) in [6.07, 6.45) is 3.39. The zero-order valence-electron chi connectivity index (χ0n) is 36.3. The number of rotatable bonds is 21. The number of hydrogen-bond donors (Lipinski definition) is 10. The molecule has 1 heterocycles. The Morgan fingerprint density at radius 2 is 1.14 bits per heavy atom. The molecule has 6 atom stereocenters. The number of carboxylic acid groups (broad SMARTS) is 1. The van der Waals surface area contributed by atoms with Gasteiger partial charge in [-0.3, -0.25) is 33.6 Å². The fourth-order valence-corrected chi connectivity index (χ4v) is 6.90. The molecule has 5 aromatic rings. The summed E-state index contributed by atoms with van der Waals surface area (Å²) in [5.41, 5.74) is 20.2. The molecule has 0 spiro atoms. The Balaban J connectivity index is 0.00000215. The molecule has 17 heteroatoms. The first-order valence-corrected chi connectivity index (χ1v) is 21.1. The van der Waals surface area contributed by atoms with Crippen molar-refractivity contribution in [3.05, 3.63) is 120 Å². The third-order valence-corrected chi connectivity index (χ3v) is 10.3. The van der Waals surface area contributed by atoms with E-state index in [-0.39, 0.29) is 25.7 Å². The topological polar surface area (TPSA) is 294 Å². The monoisotopic (exact) mass is 877 g/mol. The first kappa shape index (κ1) is 49.5. The van der Waals surface area contributed by atoms with Crippen molar-refractivity contribution < 1.29 is 38.7 Å². The molecule has 0 radical (unpaired) electrons. The van der Waals surface area contributed by atoms with Crippen LogP contribution >= 0.6 is 0 Å². The number of nitrogens with one attached hydrogen (secondary N) is 6. The number of benzene rings is 4. The summed E-state index contributed by atoms with van der Waals surface area (Å²) in [4.78, 5) is 93.2. The molecule has 64 heavy (non-hydrogen) atoms. The van der Waals surface area contributed by atoms with Crippen molar-refractivity contribution in [3.63, 3.8) is 0 Å². The molecule has 1 aromatic heterocycles. The minimum Gasteiger partial charge on any atom is -0.481 e. The number of hydrogen-bond acceptors (Lipinski definition) is 9. The quantitative estimate of drug-likeness (QED) is 0.0478. The van der Waals surface area contributed by atoms with E-state index in [9.17, 15) is 28.8 Å². The van der Waals surface area contributed by atoms with Crippen molar-refractivity contribution in [3.8, 4) is 0 Å². The molecule has 17 nitrogen and oxygen atoms in total. The standard InChI is InChI=1S/C45H55N9O6.C2H4O2/c1-27(47)41(56)52-38(24-30-19-20-31-14-6-7-15-32(31)22-30)43(58)50-28(2)42(57)53-39(25-33-26-49-35-17-9-8-16-34(33)35)45(60)54-37(23-29-12-4-3-5-13-29)44(59)51-36(40(48)55)18-10-11-21-46;1-2(3)4/h3-9,12-17,19-20,22,26-28,36-39,49H,10-11,18,21,23-25,46-47H2,1-2H3,(H2,48,55)(H,50,58)(H,51,59)(H,52,56)(H,53,57)(H,54,60);1H3,(H,3,4)/t27-,28+,36+,37-,38-,39+;/m1./s1. The van der Waals surface area contributed by atoms with Gasteiger partial charge in [0.25, 0.3) is 5.97 Å². The zero-order chi connectivity index (χ0) is 46.8. The molecular weight excluding hydrogens is 819 g/mol. The normalized spacial score (nSPS) is 13.7. The number of carbonyl (C=O) groups is 7. The van der Waals surface area contributed by atoms with Crippen LogP contribution in [0.3, 0.4) is 0 Å². The van der Waals surface area contributed by atoms with Crippen LogP contribution in [0, 0.1) is 0 Å². The third-order valence-electron chi connectivity index (χ3n) is 10.3. The summed E-state index contributed by atoms with van der Waals surface area (Å²) in [6, 6.07) is 23.4. The number of amides is 6. The van der Waals surface area contributed by atoms with E-state index in [1.807, 2.05) is 72.8 Å². The number of carboxylic acids is 1. The Bertz CT molecular complexity index is 2380. The van der Waals surface area contributed by atoms with Crippen molar-refractivity contribution in [2.45, 2.75) is 95.5 Å². The van der Waals surface area contributed by atoms with E-state index in [2.05, 4.69) is 31.6 Å². The molecule has 0 bridgehead atoms. The fourth-order valence-electron chi connectivity index (χ4n) is 6.90. The average Bonchev–Trinajstić information content (AvgIpc) is 3.67. The van der Waals surface area contributed by atoms with Crippen LogP contribution in [0.25, 0.3) is 21.7 Å². The van der Waals surface area contributed by atoms with Gasteiger partial charge in [-0.1, -0.05) is 91.0 Å². The maximum Gasteiger partial charge on any atom is 0.300 e. The number of primary amides is 1. The minimum atomic E-state index is -1.23. The number of aliphatic carboxylic acids is 1. The van der Waals surface area contributed by atoms with E-state index in [1.54, 1.807) is 30.5 Å². The highest BCUT2D eigenvalue weighted by atomic mass is 16.4. The van der Waals surface area contributed by atoms with Gasteiger partial charge in [0.2, 0.25) is 35.4 Å². The highest BCUT2D eigenvalue weighted by Crippen LogP contribution is 2.20. The summed E-state index contributed by atoms with van der Waals surface area (Å²) >= 11 is 0. The third kappa shape index (κ3) is 15.4. The number of unbranched alkanes of at least 4 members (excludes halogenated alkanes) is 1. The van der Waals surface area contributed by atoms with Gasteiger partial charge < -0.3 is 53.9 Å². The highest BCUT2D eigenvalue weighted by Gasteiger charge is 2.32. The molecule has 340 valence electrons. The molecule has 0 aliphatic carbocycles. The number of aromatic nitrogens is 1. The van der Waals surface area contributed by atoms with Crippen LogP contribution in [0.2, 0.25) is 0 Å². The van der Waals surface area contributed by atoms with Gasteiger partial charge in [0, 0.05) is 43.3 Å². The lowest BCUT2D eigenvalue weighted by molar-refractivity contribution is -0.134. The predicted molar refractivity (Wildman–Crippen MR) is 244 cm³/mol. The maximum atomic E-state index is 14.3. The Morgan fingerprint density at radius 3 is 1.78 bits per heavy atom. The summed E-state index contributed by atoms with van der Waals surface area (Å²) in [5, 5.41) is 23.9. The predicted octanol–water partition coefficient (Wildman–Crippen LogP) is 1.85. The van der Waals surface area contributed by atoms with Gasteiger partial charge in [0.15, 0.2) is 0 Å². The largest absolute Gasteiger partial charge is 0.481 e. The van der Waals surface area contributed by atoms with E-state index in [0.717, 1.165) is 45.3 Å². The highest BCUT2D eigenvalue weighted by molar-refractivity contribution is 5.97. The average molecular weight is 878 g/mol. The lowest BCUT2D eigenvalue weighted by Crippen LogP contribution is -2.59. The molecular formula is C47H59N9O8. The molecule has 0 aliphatic rings. The molecule has 5 rings (SSSR count). The van der Waals surface area contributed by atoms with Crippen LogP contribution < -0.4 is 43.8 Å². The maximum absolute atomic E-state index is 14.3. The molecule has 4 aromatic carbocycles. The minimum absolute atomic E-state index is 0.0139. The van der Waals surface area contributed by atoms with Gasteiger partial charge in [0.05, 0.1) is 6.04 Å². The number of carbonyl (C=O) groups excluding carboxylic acids is 6. The Morgan fingerprint density at radius 1 is 0.609 bits per heavy atom. The fraction of sp³-hybridized carbons (Fsp3) is 0.340. The lowest BCUT2D eigenvalue weighted by Gasteiger charge is -2.26. The number of para-hydroxylation sites is 1. The van der Waals surface area contributed by atoms with Gasteiger partial charge in [-0.2, -0.15) is 0 Å². The summed E-state index contributed by atoms with van der Waals surface area (Å²) < 4.78 is 0. The van der Waals surface area contributed by atoms with Crippen LogP contribution in [0.4, 0.5) is 0 Å². The van der Waals surface area contributed by atoms with Crippen molar-refractivity contribution >= 4 is 63.1 Å². The van der Waals surface area contributed by atoms with Gasteiger partial charge in [-0.25, -0.2) is 0 Å². The van der Waals surface area contributed by atoms with Gasteiger partial charge in [0.1, 0.15) is 30.2 Å². The van der Waals surface area contributed by atoms with E-state index >= 15 is 0 Å². The van der Waals surface area contributed by atoms with Crippen LogP contribution in [0.15, 0.2) is 103 Å². The van der Waals surface area contributed by atoms with Crippen LogP contribution in [-0.4, -0.2) is 94.3 Å². The van der Waals surface area contributed by atoms with E-state index in [0.29, 0.717) is 19.4 Å². The second kappa shape index (κ2) is 24.5. The Labute approximate surface area is 371 Å². The number of aromatic amines is 1. The Hall–Kier alpha value is -7.11. The molecule has 0 fully saturated rings. The van der Waals surface area contributed by atoms with Crippen molar-refractivity contribution in [2.75, 3.05) is 6.54 Å². The first-order chi connectivity index (χ1) is 30.6. The van der Waals surface area contributed by atoms with Gasteiger partial charge >= 0.3 is 0 Å². The summed E-state index contributed by atoms with van der Waals surface area (Å²) in [5.74, 6) is -4.73. The first-order valence-electron chi connectivity index (χ1n) is 21.1. The second-order valence-electron chi connectivity index (χ2n) is 15.6. The molecule has 13 N–H and O–H groups in total. The van der Waals surface area contributed by atoms with Gasteiger partial charge in [-0.15, -0.1) is 0 Å². The van der Waals surface area contributed by atoms with E-state index in [4.69, 9.17) is 27.1 Å². The molecule has 0 unspecified atom stereocenters. The zero-order valence-corrected chi connectivity index (χ0v) is 36.3. The van der Waals surface area contributed by atoms with Crippen molar-refractivity contribution in [2.24, 2.45) is 17.2 Å². The molecule has 0 saturated carbocycles. The number of fused-ring (bicyclic) bond motifs is 2. The summed E-state index contributed by atoms with van der Waals surface area (Å²) in [6.45, 7) is 4.46. The SMILES string of the molecule is CC(=O)O.C[C@H](NC(=O)[C@@H](Cc1ccc2ccccc2c1)NC(=O)[C@@H](C)N)C(=O)N[C@@H](Cc1c[nH]c2ccccc12)C(=O)N[C@H](Cc1ccccc1)C(=O)N[C@@H](CCCCN)C(N)=O. The molecule has 6 amide bonds. The van der Waals surface area contributed by atoms with Crippen molar-refractivity contribution in [1.82, 2.24) is 31.6 Å². The van der Waals surface area contributed by atoms with Crippen LogP contribution in [0.5, 0.6) is 0 Å². The van der Waals surface area contributed by atoms with E-state index < -0.39 is 77.7 Å². The lowest BCUT2D eigenvalue weighted by atomic mass is 10.0.